The van der Waals surface area contributed by atoms with E-state index in [0.717, 1.165) is 35.1 Å². The topological polar surface area (TPSA) is 81.4 Å². The summed E-state index contributed by atoms with van der Waals surface area (Å²) < 4.78 is 11.0. The van der Waals surface area contributed by atoms with Crippen LogP contribution in [0.25, 0.3) is 22.5 Å². The number of aromatic nitrogens is 1. The second-order valence-electron chi connectivity index (χ2n) is 9.02. The fourth-order valence-corrected chi connectivity index (χ4v) is 4.75. The SMILES string of the molecule is CC(=O)C1(c2ccc(-c3ccc(-c4ocnc4NC(=O)O[C@H](C)c4ccccc4Cl)cc3)cc2)CC1. The maximum atomic E-state index is 12.5. The second-order valence-corrected chi connectivity index (χ2v) is 9.42. The Balaban J connectivity index is 1.27. The second kappa shape index (κ2) is 9.63. The molecule has 1 heterocycles. The van der Waals surface area contributed by atoms with Gasteiger partial charge in [-0.3, -0.25) is 10.1 Å². The van der Waals surface area contributed by atoms with Gasteiger partial charge < -0.3 is 9.15 Å². The number of Topliss-reactive ketones (excluding diaryl/α,β-unsaturated/α-hetero) is 1. The molecule has 1 aliphatic rings. The number of nitrogens with zero attached hydrogens (tertiary/aromatic N) is 1. The highest BCUT2D eigenvalue weighted by atomic mass is 35.5. The number of amides is 1. The van der Waals surface area contributed by atoms with Crippen LogP contribution in [0.15, 0.2) is 83.6 Å². The van der Waals surface area contributed by atoms with E-state index in [1.54, 1.807) is 19.9 Å². The smallest absolute Gasteiger partial charge is 0.413 e. The van der Waals surface area contributed by atoms with E-state index in [9.17, 15) is 9.59 Å². The molecule has 0 saturated heterocycles. The molecule has 0 aliphatic heterocycles. The van der Waals surface area contributed by atoms with Crippen LogP contribution in [0.4, 0.5) is 10.6 Å². The number of ether oxygens (including phenoxy) is 1. The molecule has 3 aromatic carbocycles. The Kier molecular flexibility index (Phi) is 6.37. The fourth-order valence-electron chi connectivity index (χ4n) is 4.46. The quantitative estimate of drug-likeness (QED) is 0.282. The van der Waals surface area contributed by atoms with Gasteiger partial charge in [-0.15, -0.1) is 0 Å². The number of hydrogen-bond donors (Lipinski definition) is 1. The molecule has 0 bridgehead atoms. The zero-order valence-corrected chi connectivity index (χ0v) is 20.7. The maximum Gasteiger partial charge on any atom is 0.413 e. The van der Waals surface area contributed by atoms with Crippen LogP contribution in [0.1, 0.15) is 43.9 Å². The van der Waals surface area contributed by atoms with Gasteiger partial charge in [0.25, 0.3) is 0 Å². The van der Waals surface area contributed by atoms with Crippen molar-refractivity contribution in [2.75, 3.05) is 5.32 Å². The van der Waals surface area contributed by atoms with Gasteiger partial charge in [0.1, 0.15) is 11.9 Å². The van der Waals surface area contributed by atoms with Gasteiger partial charge in [-0.05, 0) is 49.4 Å². The Morgan fingerprint density at radius 1 is 0.972 bits per heavy atom. The number of nitrogens with one attached hydrogen (secondary N) is 1. The lowest BCUT2D eigenvalue weighted by Crippen LogP contribution is -2.16. The molecule has 1 aromatic heterocycles. The van der Waals surface area contributed by atoms with Crippen molar-refractivity contribution in [2.45, 2.75) is 38.2 Å². The highest BCUT2D eigenvalue weighted by Gasteiger charge is 2.48. The first-order valence-corrected chi connectivity index (χ1v) is 12.1. The molecule has 0 spiro atoms. The van der Waals surface area contributed by atoms with E-state index in [1.807, 2.05) is 66.7 Å². The summed E-state index contributed by atoms with van der Waals surface area (Å²) in [5.74, 6) is 0.928. The van der Waals surface area contributed by atoms with Gasteiger partial charge in [0.15, 0.2) is 18.0 Å². The molecule has 36 heavy (non-hydrogen) atoms. The number of anilines is 1. The van der Waals surface area contributed by atoms with E-state index >= 15 is 0 Å². The Hall–Kier alpha value is -3.90. The summed E-state index contributed by atoms with van der Waals surface area (Å²) in [7, 11) is 0. The fraction of sp³-hybridized carbons (Fsp3) is 0.207. The molecule has 1 fully saturated rings. The third kappa shape index (κ3) is 4.64. The van der Waals surface area contributed by atoms with E-state index in [4.69, 9.17) is 20.8 Å². The minimum atomic E-state index is -0.659. The van der Waals surface area contributed by atoms with Crippen LogP contribution < -0.4 is 5.32 Å². The normalized spacial score (nSPS) is 14.6. The molecule has 6 nitrogen and oxygen atoms in total. The monoisotopic (exact) mass is 500 g/mol. The number of halogens is 1. The van der Waals surface area contributed by atoms with Gasteiger partial charge in [0.2, 0.25) is 0 Å². The van der Waals surface area contributed by atoms with Gasteiger partial charge in [-0.2, -0.15) is 4.98 Å². The summed E-state index contributed by atoms with van der Waals surface area (Å²) in [6.07, 6.45) is 1.93. The van der Waals surface area contributed by atoms with E-state index in [2.05, 4.69) is 10.3 Å². The molecule has 0 radical (unpaired) electrons. The number of hydrogen-bond acceptors (Lipinski definition) is 5. The molecule has 1 atom stereocenters. The predicted molar refractivity (Wildman–Crippen MR) is 139 cm³/mol. The first kappa shape index (κ1) is 23.8. The maximum absolute atomic E-state index is 12.5. The molecule has 182 valence electrons. The van der Waals surface area contributed by atoms with E-state index in [1.165, 1.54) is 6.39 Å². The van der Waals surface area contributed by atoms with Crippen LogP contribution in [0.5, 0.6) is 0 Å². The minimum Gasteiger partial charge on any atom is -0.441 e. The molecule has 1 aliphatic carbocycles. The lowest BCUT2D eigenvalue weighted by atomic mass is 9.90. The van der Waals surface area contributed by atoms with Crippen molar-refractivity contribution in [2.24, 2.45) is 0 Å². The highest BCUT2D eigenvalue weighted by molar-refractivity contribution is 6.31. The van der Waals surface area contributed by atoms with E-state index < -0.39 is 12.2 Å². The third-order valence-electron chi connectivity index (χ3n) is 6.76. The van der Waals surface area contributed by atoms with E-state index in [0.29, 0.717) is 16.3 Å². The molecule has 1 N–H and O–H groups in total. The summed E-state index contributed by atoms with van der Waals surface area (Å²) in [6, 6.07) is 23.2. The van der Waals surface area contributed by atoms with Crippen LogP contribution in [0, 0.1) is 0 Å². The number of ketones is 1. The number of rotatable bonds is 7. The summed E-state index contributed by atoms with van der Waals surface area (Å²) in [6.45, 7) is 3.42. The predicted octanol–water partition coefficient (Wildman–Crippen LogP) is 7.59. The van der Waals surface area contributed by atoms with Crippen LogP contribution in [-0.2, 0) is 14.9 Å². The summed E-state index contributed by atoms with van der Waals surface area (Å²) >= 11 is 6.20. The molecule has 4 aromatic rings. The zero-order chi connectivity index (χ0) is 25.3. The molecule has 1 saturated carbocycles. The van der Waals surface area contributed by atoms with Crippen LogP contribution in [0.2, 0.25) is 5.02 Å². The first-order chi connectivity index (χ1) is 17.4. The molecular formula is C29H25ClN2O4. The third-order valence-corrected chi connectivity index (χ3v) is 7.10. The highest BCUT2D eigenvalue weighted by Crippen LogP contribution is 2.49. The molecule has 7 heteroatoms. The first-order valence-electron chi connectivity index (χ1n) is 11.8. The molecular weight excluding hydrogens is 476 g/mol. The molecule has 1 amide bonds. The lowest BCUT2D eigenvalue weighted by Gasteiger charge is -2.15. The van der Waals surface area contributed by atoms with Gasteiger partial charge in [-0.1, -0.05) is 78.3 Å². The van der Waals surface area contributed by atoms with Crippen molar-refractivity contribution < 1.29 is 18.7 Å². The van der Waals surface area contributed by atoms with Gasteiger partial charge in [0.05, 0.1) is 5.41 Å². The Morgan fingerprint density at radius 2 is 1.58 bits per heavy atom. The average molecular weight is 501 g/mol. The van der Waals surface area contributed by atoms with Gasteiger partial charge in [-0.25, -0.2) is 4.79 Å². The summed E-state index contributed by atoms with van der Waals surface area (Å²) in [4.78, 5) is 28.6. The van der Waals surface area contributed by atoms with Gasteiger partial charge in [0, 0.05) is 16.1 Å². The van der Waals surface area contributed by atoms with E-state index in [-0.39, 0.29) is 17.0 Å². The van der Waals surface area contributed by atoms with Crippen molar-refractivity contribution in [3.63, 3.8) is 0 Å². The number of carbonyl (C=O) groups excluding carboxylic acids is 2. The molecule has 0 unspecified atom stereocenters. The van der Waals surface area contributed by atoms with Crippen LogP contribution >= 0.6 is 11.6 Å². The van der Waals surface area contributed by atoms with Crippen molar-refractivity contribution in [3.8, 4) is 22.5 Å². The van der Waals surface area contributed by atoms with Crippen LogP contribution in [-0.4, -0.2) is 16.9 Å². The van der Waals surface area contributed by atoms with Crippen molar-refractivity contribution in [1.29, 1.82) is 0 Å². The lowest BCUT2D eigenvalue weighted by molar-refractivity contribution is -0.119. The Bertz CT molecular complexity index is 1410. The standard InChI is InChI=1S/C29H25ClN2O4/c1-18(24-5-3-4-6-25(24)30)36-28(34)32-27-26(35-17-31-27)22-9-7-20(8-10-22)21-11-13-23(14-12-21)29(15-16-29)19(2)33/h3-14,17-18H,15-16H2,1-2H3,(H,32,34)/t18-/m1/s1. The number of carbonyl (C=O) groups is 2. The van der Waals surface area contributed by atoms with Crippen molar-refractivity contribution in [1.82, 2.24) is 4.98 Å². The van der Waals surface area contributed by atoms with Crippen molar-refractivity contribution >= 4 is 29.3 Å². The number of benzene rings is 3. The average Bonchev–Trinajstić information content (AvgIpc) is 3.58. The largest absolute Gasteiger partial charge is 0.441 e. The Labute approximate surface area is 214 Å². The van der Waals surface area contributed by atoms with Crippen molar-refractivity contribution in [3.05, 3.63) is 95.3 Å². The molecule has 5 rings (SSSR count). The summed E-state index contributed by atoms with van der Waals surface area (Å²) in [5.41, 5.74) is 4.37. The minimum absolute atomic E-state index is 0.235. The van der Waals surface area contributed by atoms with Crippen LogP contribution in [0.3, 0.4) is 0 Å². The Morgan fingerprint density at radius 3 is 2.19 bits per heavy atom. The zero-order valence-electron chi connectivity index (χ0n) is 20.0. The summed E-state index contributed by atoms with van der Waals surface area (Å²) in [5, 5.41) is 3.18. The van der Waals surface area contributed by atoms with Gasteiger partial charge >= 0.3 is 6.09 Å². The number of oxazole rings is 1.